The molecule has 0 unspecified atom stereocenters. The van der Waals surface area contributed by atoms with Gasteiger partial charge in [-0.1, -0.05) is 65.8 Å². The van der Waals surface area contributed by atoms with E-state index in [4.69, 9.17) is 4.74 Å². The van der Waals surface area contributed by atoms with Crippen LogP contribution in [0.15, 0.2) is 48.7 Å². The van der Waals surface area contributed by atoms with Crippen LogP contribution >= 0.6 is 0 Å². The molecule has 1 aliphatic heterocycles. The minimum Gasteiger partial charge on any atom is -0.484 e. The van der Waals surface area contributed by atoms with Gasteiger partial charge in [0.2, 0.25) is 0 Å². The summed E-state index contributed by atoms with van der Waals surface area (Å²) in [5.74, 6) is 1.81. The second kappa shape index (κ2) is 13.8. The minimum atomic E-state index is -0.406. The van der Waals surface area contributed by atoms with Crippen LogP contribution < -0.4 is 15.4 Å². The number of hydrogen-bond acceptors (Lipinski definition) is 9. The predicted molar refractivity (Wildman–Crippen MR) is 187 cm³/mol. The highest BCUT2D eigenvalue weighted by atomic mass is 16.5. The Bertz CT molecular complexity index is 1830. The number of β-amino-alcohol motifs (C(OH)–C–C–N with tert-alkyl or cyclic N) is 1. The Hall–Kier alpha value is -4.42. The standard InChI is InChI=1S/C37H48N8O4/c1-36(2,3)30-20-31(40-33(39-30)28(47)12-9-18-44-19-17-23(46)21-44)41-35(48)38-27-14-15-29(26-11-8-7-10-25(26)27)49-24-13-16-32-42-43-34(37(4,5)6)45(32)22-24/h7-8,10-11,13,16,20,22-23,27,29,46H,9,12,14-15,17-19,21H2,1-6H3,(H2,38,39,40,41,48)/t23-,27-,29+/m0/s1. The van der Waals surface area contributed by atoms with Gasteiger partial charge in [-0.2, -0.15) is 0 Å². The molecule has 0 bridgehead atoms. The molecule has 49 heavy (non-hydrogen) atoms. The third kappa shape index (κ3) is 8.08. The number of carbonyl (C=O) groups is 2. The molecule has 0 spiro atoms. The molecule has 1 saturated heterocycles. The molecule has 4 heterocycles. The number of ether oxygens (including phenoxy) is 1. The number of urea groups is 1. The Labute approximate surface area is 287 Å². The fraction of sp³-hybridized carbons (Fsp3) is 0.514. The highest BCUT2D eigenvalue weighted by Gasteiger charge is 2.30. The maximum Gasteiger partial charge on any atom is 0.320 e. The number of likely N-dealkylation sites (tertiary alicyclic amines) is 1. The number of aromatic nitrogens is 5. The number of ketones is 1. The molecule has 4 aromatic rings. The highest BCUT2D eigenvalue weighted by Crippen LogP contribution is 2.39. The first-order chi connectivity index (χ1) is 23.2. The van der Waals surface area contributed by atoms with E-state index >= 15 is 0 Å². The summed E-state index contributed by atoms with van der Waals surface area (Å²) in [4.78, 5) is 37.8. The third-order valence-corrected chi connectivity index (χ3v) is 9.18. The molecule has 1 aliphatic carbocycles. The summed E-state index contributed by atoms with van der Waals surface area (Å²) in [6.45, 7) is 14.6. The largest absolute Gasteiger partial charge is 0.484 e. The lowest BCUT2D eigenvalue weighted by molar-refractivity contribution is 0.0964. The lowest BCUT2D eigenvalue weighted by atomic mass is 9.85. The van der Waals surface area contributed by atoms with E-state index in [1.807, 2.05) is 67.8 Å². The summed E-state index contributed by atoms with van der Waals surface area (Å²) >= 11 is 0. The first-order valence-electron chi connectivity index (χ1n) is 17.3. The quantitative estimate of drug-likeness (QED) is 0.185. The van der Waals surface area contributed by atoms with Crippen molar-refractivity contribution in [3.8, 4) is 5.75 Å². The summed E-state index contributed by atoms with van der Waals surface area (Å²) in [7, 11) is 0. The Kier molecular flexibility index (Phi) is 9.72. The molecule has 1 aromatic carbocycles. The number of nitrogens with zero attached hydrogens (tertiary/aromatic N) is 6. The van der Waals surface area contributed by atoms with Crippen molar-refractivity contribution in [3.05, 3.63) is 77.1 Å². The van der Waals surface area contributed by atoms with Crippen molar-refractivity contribution < 1.29 is 19.4 Å². The summed E-state index contributed by atoms with van der Waals surface area (Å²) in [5.41, 5.74) is 2.92. The van der Waals surface area contributed by atoms with Crippen molar-refractivity contribution >= 4 is 23.3 Å². The summed E-state index contributed by atoms with van der Waals surface area (Å²) in [6.07, 6.45) is 4.55. The highest BCUT2D eigenvalue weighted by molar-refractivity contribution is 5.94. The van der Waals surface area contributed by atoms with Crippen LogP contribution in [-0.4, -0.2) is 72.1 Å². The Morgan fingerprint density at radius 3 is 2.45 bits per heavy atom. The van der Waals surface area contributed by atoms with Crippen molar-refractivity contribution in [2.24, 2.45) is 0 Å². The van der Waals surface area contributed by atoms with Gasteiger partial charge in [0, 0.05) is 36.4 Å². The monoisotopic (exact) mass is 668 g/mol. The Balaban J connectivity index is 1.13. The molecule has 2 aliphatic rings. The van der Waals surface area contributed by atoms with Gasteiger partial charge in [-0.05, 0) is 55.5 Å². The number of Topliss-reactive ketones (excluding diaryl/α,β-unsaturated/α-hetero) is 1. The lowest BCUT2D eigenvalue weighted by Crippen LogP contribution is -2.36. The molecule has 0 radical (unpaired) electrons. The topological polar surface area (TPSA) is 147 Å². The van der Waals surface area contributed by atoms with Crippen LogP contribution in [0.1, 0.15) is 119 Å². The van der Waals surface area contributed by atoms with Crippen LogP contribution in [0.5, 0.6) is 5.75 Å². The lowest BCUT2D eigenvalue weighted by Gasteiger charge is -2.32. The van der Waals surface area contributed by atoms with Crippen molar-refractivity contribution in [2.45, 2.75) is 103 Å². The number of amides is 2. The number of anilines is 1. The molecule has 260 valence electrons. The maximum atomic E-state index is 13.4. The first kappa shape index (κ1) is 34.4. The normalized spacial score (nSPS) is 19.9. The van der Waals surface area contributed by atoms with E-state index < -0.39 is 6.03 Å². The number of carbonyl (C=O) groups excluding carboxylic acids is 2. The van der Waals surface area contributed by atoms with Gasteiger partial charge in [-0.15, -0.1) is 10.2 Å². The van der Waals surface area contributed by atoms with E-state index in [0.29, 0.717) is 37.9 Å². The second-order valence-electron chi connectivity index (χ2n) is 15.3. The average molecular weight is 669 g/mol. The van der Waals surface area contributed by atoms with Crippen molar-refractivity contribution in [2.75, 3.05) is 25.0 Å². The number of rotatable bonds is 9. The van der Waals surface area contributed by atoms with Crippen molar-refractivity contribution in [1.82, 2.24) is 34.8 Å². The van der Waals surface area contributed by atoms with Crippen LogP contribution in [0.25, 0.3) is 5.65 Å². The zero-order chi connectivity index (χ0) is 34.9. The van der Waals surface area contributed by atoms with Gasteiger partial charge in [-0.25, -0.2) is 14.8 Å². The first-order valence-corrected chi connectivity index (χ1v) is 17.3. The zero-order valence-electron chi connectivity index (χ0n) is 29.4. The van der Waals surface area contributed by atoms with E-state index in [2.05, 4.69) is 56.5 Å². The molecule has 12 heteroatoms. The molecule has 12 nitrogen and oxygen atoms in total. The van der Waals surface area contributed by atoms with Gasteiger partial charge < -0.3 is 20.1 Å². The number of aliphatic hydroxyl groups is 1. The number of benzene rings is 1. The Morgan fingerprint density at radius 1 is 0.959 bits per heavy atom. The smallest absolute Gasteiger partial charge is 0.320 e. The summed E-state index contributed by atoms with van der Waals surface area (Å²) < 4.78 is 8.53. The van der Waals surface area contributed by atoms with Gasteiger partial charge in [0.15, 0.2) is 17.3 Å². The zero-order valence-corrected chi connectivity index (χ0v) is 29.4. The SMILES string of the molecule is CC(C)(C)c1cc(NC(=O)N[C@H]2CC[C@@H](Oc3ccc4nnc(C(C)(C)C)n4c3)c3ccccc32)nc(C(=O)CCCN2CC[C@H](O)C2)n1. The van der Waals surface area contributed by atoms with Crippen LogP contribution in [0.2, 0.25) is 0 Å². The number of aliphatic hydroxyl groups excluding tert-OH is 1. The summed E-state index contributed by atoms with van der Waals surface area (Å²) in [6, 6.07) is 13.0. The van der Waals surface area contributed by atoms with Gasteiger partial charge in [0.25, 0.3) is 0 Å². The molecule has 0 saturated carbocycles. The molecule has 2 amide bonds. The van der Waals surface area contributed by atoms with Crippen LogP contribution in [0, 0.1) is 0 Å². The number of fused-ring (bicyclic) bond motifs is 2. The van der Waals surface area contributed by atoms with Gasteiger partial charge >= 0.3 is 6.03 Å². The van der Waals surface area contributed by atoms with Gasteiger partial charge in [0.05, 0.1) is 24.0 Å². The van der Waals surface area contributed by atoms with Gasteiger partial charge in [0.1, 0.15) is 23.5 Å². The van der Waals surface area contributed by atoms with E-state index in [-0.39, 0.29) is 46.5 Å². The number of pyridine rings is 1. The molecule has 6 rings (SSSR count). The van der Waals surface area contributed by atoms with E-state index in [9.17, 15) is 14.7 Å². The number of hydrogen-bond donors (Lipinski definition) is 3. The molecule has 3 aromatic heterocycles. The molecular weight excluding hydrogens is 620 g/mol. The Morgan fingerprint density at radius 2 is 1.73 bits per heavy atom. The van der Waals surface area contributed by atoms with Crippen molar-refractivity contribution in [3.63, 3.8) is 0 Å². The molecule has 3 N–H and O–H groups in total. The molecular formula is C37H48N8O4. The predicted octanol–water partition coefficient (Wildman–Crippen LogP) is 5.92. The van der Waals surface area contributed by atoms with E-state index in [1.165, 1.54) is 0 Å². The van der Waals surface area contributed by atoms with Crippen LogP contribution in [0.4, 0.5) is 10.6 Å². The fourth-order valence-corrected chi connectivity index (χ4v) is 6.56. The third-order valence-electron chi connectivity index (χ3n) is 9.18. The van der Waals surface area contributed by atoms with E-state index in [0.717, 1.165) is 47.9 Å². The molecule has 1 fully saturated rings. The minimum absolute atomic E-state index is 0.103. The van der Waals surface area contributed by atoms with Crippen LogP contribution in [-0.2, 0) is 10.8 Å². The van der Waals surface area contributed by atoms with Crippen LogP contribution in [0.3, 0.4) is 0 Å². The number of nitrogens with one attached hydrogen (secondary N) is 2. The fourth-order valence-electron chi connectivity index (χ4n) is 6.56. The maximum absolute atomic E-state index is 13.4. The summed E-state index contributed by atoms with van der Waals surface area (Å²) in [5, 5.41) is 24.5. The average Bonchev–Trinajstić information content (AvgIpc) is 3.67. The molecule has 3 atom stereocenters. The second-order valence-corrected chi connectivity index (χ2v) is 15.3. The van der Waals surface area contributed by atoms with Gasteiger partial charge in [-0.3, -0.25) is 14.5 Å². The van der Waals surface area contributed by atoms with Crippen molar-refractivity contribution in [1.29, 1.82) is 0 Å². The van der Waals surface area contributed by atoms with E-state index in [1.54, 1.807) is 6.07 Å².